The lowest BCUT2D eigenvalue weighted by Gasteiger charge is -1.93. The van der Waals surface area contributed by atoms with Crippen molar-refractivity contribution in [1.29, 1.82) is 0 Å². The maximum atomic E-state index is 5.26. The molecule has 0 saturated carbocycles. The number of aliphatic imine (C=N–C) groups is 1. The molecular weight excluding hydrogens is 214 g/mol. The molecule has 0 fully saturated rings. The van der Waals surface area contributed by atoms with Gasteiger partial charge in [-0.05, 0) is 12.1 Å². The fraction of sp³-hybridized carbons (Fsp3) is 0.111. The largest absolute Gasteiger partial charge is 0.370 e. The lowest BCUT2D eigenvalue weighted by molar-refractivity contribution is 1.07. The SMILES string of the molecule is Cl.NC(N)=NCc1c[nH]c2ncccc12. The molecule has 0 aliphatic carbocycles. The van der Waals surface area contributed by atoms with Crippen molar-refractivity contribution in [3.05, 3.63) is 30.1 Å². The van der Waals surface area contributed by atoms with Crippen molar-refractivity contribution < 1.29 is 0 Å². The third kappa shape index (κ3) is 2.38. The van der Waals surface area contributed by atoms with Crippen LogP contribution in [0.1, 0.15) is 5.56 Å². The second kappa shape index (κ2) is 4.65. The second-order valence-electron chi connectivity index (χ2n) is 2.95. The van der Waals surface area contributed by atoms with Gasteiger partial charge >= 0.3 is 0 Å². The van der Waals surface area contributed by atoms with Crippen molar-refractivity contribution >= 4 is 29.4 Å². The third-order valence-electron chi connectivity index (χ3n) is 1.97. The maximum absolute atomic E-state index is 5.26. The average molecular weight is 226 g/mol. The highest BCUT2D eigenvalue weighted by molar-refractivity contribution is 5.85. The summed E-state index contributed by atoms with van der Waals surface area (Å²) in [5.41, 5.74) is 12.4. The van der Waals surface area contributed by atoms with Gasteiger partial charge in [-0.2, -0.15) is 0 Å². The summed E-state index contributed by atoms with van der Waals surface area (Å²) in [5.74, 6) is 0.100. The molecule has 0 bridgehead atoms. The van der Waals surface area contributed by atoms with Crippen LogP contribution in [-0.2, 0) is 6.54 Å². The molecule has 0 aromatic carbocycles. The molecule has 0 radical (unpaired) electrons. The Kier molecular flexibility index (Phi) is 3.51. The minimum atomic E-state index is 0. The van der Waals surface area contributed by atoms with Crippen LogP contribution < -0.4 is 11.5 Å². The molecule has 2 aromatic heterocycles. The van der Waals surface area contributed by atoms with E-state index in [1.165, 1.54) is 0 Å². The minimum absolute atomic E-state index is 0. The summed E-state index contributed by atoms with van der Waals surface area (Å²) in [6.45, 7) is 0.480. The van der Waals surface area contributed by atoms with Gasteiger partial charge in [0.2, 0.25) is 0 Å². The normalized spacial score (nSPS) is 9.60. The van der Waals surface area contributed by atoms with Crippen LogP contribution in [-0.4, -0.2) is 15.9 Å². The summed E-state index contributed by atoms with van der Waals surface area (Å²) in [5, 5.41) is 1.05. The van der Waals surface area contributed by atoms with Gasteiger partial charge in [-0.25, -0.2) is 9.98 Å². The predicted molar refractivity (Wildman–Crippen MR) is 62.9 cm³/mol. The van der Waals surface area contributed by atoms with E-state index in [0.29, 0.717) is 6.54 Å². The van der Waals surface area contributed by atoms with Gasteiger partial charge in [0.25, 0.3) is 0 Å². The number of nitrogens with two attached hydrogens (primary N) is 2. The van der Waals surface area contributed by atoms with Crippen LogP contribution in [0.15, 0.2) is 29.5 Å². The number of H-pyrrole nitrogens is 1. The molecular formula is C9H12ClN5. The number of pyridine rings is 1. The Labute approximate surface area is 93.0 Å². The third-order valence-corrected chi connectivity index (χ3v) is 1.97. The van der Waals surface area contributed by atoms with E-state index < -0.39 is 0 Å². The zero-order valence-corrected chi connectivity index (χ0v) is 8.79. The first-order chi connectivity index (χ1) is 6.77. The van der Waals surface area contributed by atoms with Crippen LogP contribution in [0.2, 0.25) is 0 Å². The molecule has 0 saturated heterocycles. The number of fused-ring (bicyclic) bond motifs is 1. The zero-order chi connectivity index (χ0) is 9.97. The Morgan fingerprint density at radius 3 is 3.00 bits per heavy atom. The van der Waals surface area contributed by atoms with Crippen molar-refractivity contribution in [2.24, 2.45) is 16.5 Å². The van der Waals surface area contributed by atoms with Crippen molar-refractivity contribution in [3.63, 3.8) is 0 Å². The topological polar surface area (TPSA) is 93.1 Å². The van der Waals surface area contributed by atoms with Gasteiger partial charge in [0.1, 0.15) is 5.65 Å². The molecule has 5 N–H and O–H groups in total. The molecule has 0 aliphatic rings. The number of aromatic amines is 1. The van der Waals surface area contributed by atoms with Gasteiger partial charge in [0.15, 0.2) is 5.96 Å². The molecule has 0 spiro atoms. The maximum Gasteiger partial charge on any atom is 0.186 e. The number of nitrogens with one attached hydrogen (secondary N) is 1. The Morgan fingerprint density at radius 2 is 2.27 bits per heavy atom. The van der Waals surface area contributed by atoms with Crippen LogP contribution in [0.3, 0.4) is 0 Å². The molecule has 2 aromatic rings. The number of halogens is 1. The Bertz CT molecular complexity index is 472. The first kappa shape index (κ1) is 11.3. The molecule has 6 heteroatoms. The van der Waals surface area contributed by atoms with Crippen LogP contribution >= 0.6 is 12.4 Å². The van der Waals surface area contributed by atoms with Gasteiger partial charge in [-0.15, -0.1) is 12.4 Å². The van der Waals surface area contributed by atoms with E-state index in [-0.39, 0.29) is 18.4 Å². The van der Waals surface area contributed by atoms with Gasteiger partial charge in [0.05, 0.1) is 6.54 Å². The van der Waals surface area contributed by atoms with Crippen LogP contribution in [0.5, 0.6) is 0 Å². The highest BCUT2D eigenvalue weighted by Crippen LogP contribution is 2.15. The molecule has 0 unspecified atom stereocenters. The summed E-state index contributed by atoms with van der Waals surface area (Å²) >= 11 is 0. The van der Waals surface area contributed by atoms with E-state index in [0.717, 1.165) is 16.6 Å². The smallest absolute Gasteiger partial charge is 0.186 e. The molecule has 2 heterocycles. The number of hydrogen-bond acceptors (Lipinski definition) is 2. The van der Waals surface area contributed by atoms with Gasteiger partial charge in [-0.1, -0.05) is 0 Å². The Hall–Kier alpha value is -1.75. The minimum Gasteiger partial charge on any atom is -0.370 e. The Balaban J connectivity index is 0.00000112. The highest BCUT2D eigenvalue weighted by atomic mass is 35.5. The van der Waals surface area contributed by atoms with Gasteiger partial charge in [-0.3, -0.25) is 0 Å². The first-order valence-electron chi connectivity index (χ1n) is 4.24. The van der Waals surface area contributed by atoms with E-state index in [1.54, 1.807) is 6.20 Å². The van der Waals surface area contributed by atoms with Gasteiger partial charge < -0.3 is 16.5 Å². The average Bonchev–Trinajstić information content (AvgIpc) is 2.58. The molecule has 0 aliphatic heterocycles. The lowest BCUT2D eigenvalue weighted by atomic mass is 10.2. The summed E-state index contributed by atoms with van der Waals surface area (Å²) in [4.78, 5) is 11.2. The Morgan fingerprint density at radius 1 is 1.47 bits per heavy atom. The van der Waals surface area contributed by atoms with E-state index in [4.69, 9.17) is 11.5 Å². The van der Waals surface area contributed by atoms with Crippen molar-refractivity contribution in [2.75, 3.05) is 0 Å². The van der Waals surface area contributed by atoms with Crippen molar-refractivity contribution in [2.45, 2.75) is 6.54 Å². The first-order valence-corrected chi connectivity index (χ1v) is 4.24. The standard InChI is InChI=1S/C9H11N5.ClH/c10-9(11)14-5-6-4-13-8-7(6)2-1-3-12-8;/h1-4H,5H2,(H,12,13)(H4,10,11,14);1H. The van der Waals surface area contributed by atoms with E-state index in [2.05, 4.69) is 15.0 Å². The summed E-state index contributed by atoms with van der Waals surface area (Å²) in [6, 6.07) is 3.87. The number of guanidine groups is 1. The van der Waals surface area contributed by atoms with Crippen LogP contribution in [0, 0.1) is 0 Å². The molecule has 80 valence electrons. The molecule has 2 rings (SSSR count). The number of nitrogens with zero attached hydrogens (tertiary/aromatic N) is 2. The van der Waals surface area contributed by atoms with Gasteiger partial charge in [0, 0.05) is 23.3 Å². The summed E-state index contributed by atoms with van der Waals surface area (Å²) < 4.78 is 0. The molecule has 15 heavy (non-hydrogen) atoms. The van der Waals surface area contributed by atoms with Crippen molar-refractivity contribution in [1.82, 2.24) is 9.97 Å². The monoisotopic (exact) mass is 225 g/mol. The van der Waals surface area contributed by atoms with E-state index >= 15 is 0 Å². The second-order valence-corrected chi connectivity index (χ2v) is 2.95. The molecule has 0 amide bonds. The number of hydrogen-bond donors (Lipinski definition) is 3. The quantitative estimate of drug-likeness (QED) is 0.520. The number of aromatic nitrogens is 2. The molecule has 5 nitrogen and oxygen atoms in total. The lowest BCUT2D eigenvalue weighted by Crippen LogP contribution is -2.22. The van der Waals surface area contributed by atoms with Crippen molar-refractivity contribution in [3.8, 4) is 0 Å². The fourth-order valence-corrected chi connectivity index (χ4v) is 1.32. The van der Waals surface area contributed by atoms with E-state index in [1.807, 2.05) is 18.3 Å². The zero-order valence-electron chi connectivity index (χ0n) is 7.97. The summed E-state index contributed by atoms with van der Waals surface area (Å²) in [7, 11) is 0. The summed E-state index contributed by atoms with van der Waals surface area (Å²) in [6.07, 6.45) is 3.60. The molecule has 0 atom stereocenters. The van der Waals surface area contributed by atoms with E-state index in [9.17, 15) is 0 Å². The predicted octanol–water partition coefficient (Wildman–Crippen LogP) is 0.758. The fourth-order valence-electron chi connectivity index (χ4n) is 1.32. The van der Waals surface area contributed by atoms with Crippen LogP contribution in [0.25, 0.3) is 11.0 Å². The van der Waals surface area contributed by atoms with Crippen LogP contribution in [0.4, 0.5) is 0 Å². The highest BCUT2D eigenvalue weighted by Gasteiger charge is 2.01. The number of rotatable bonds is 2.